The van der Waals surface area contributed by atoms with E-state index in [2.05, 4.69) is 19.2 Å². The molecule has 0 aliphatic rings. The number of carbonyl (C=O) groups is 1. The molecule has 1 heterocycles. The molecule has 25 heavy (non-hydrogen) atoms. The van der Waals surface area contributed by atoms with E-state index in [1.165, 1.54) is 0 Å². The van der Waals surface area contributed by atoms with Crippen LogP contribution in [0.3, 0.4) is 0 Å². The van der Waals surface area contributed by atoms with Gasteiger partial charge in [-0.1, -0.05) is 0 Å². The van der Waals surface area contributed by atoms with Gasteiger partial charge in [0, 0.05) is 26.8 Å². The van der Waals surface area contributed by atoms with Gasteiger partial charge in [-0.2, -0.15) is 13.2 Å². The topological polar surface area (TPSA) is 88.9 Å². The van der Waals surface area contributed by atoms with Crippen molar-refractivity contribution in [1.82, 2.24) is 4.98 Å². The molecule has 10 heteroatoms. The second-order valence-corrected chi connectivity index (χ2v) is 5.65. The number of nitrogens with zero attached hydrogens (tertiary/aromatic N) is 1. The maximum atomic E-state index is 11.5. The van der Waals surface area contributed by atoms with Crippen molar-refractivity contribution in [2.75, 3.05) is 0 Å². The molecule has 2 N–H and O–H groups in total. The fourth-order valence-electron chi connectivity index (χ4n) is 1.64. The van der Waals surface area contributed by atoms with Crippen LogP contribution in [0.25, 0.3) is 0 Å². The van der Waals surface area contributed by atoms with Crippen LogP contribution >= 0.6 is 9.47 Å². The SMILES string of the molecule is CC(C)OC(=O)CCC(F)(F)F.Cc1ncc(COP)c(CO)c1O. The zero-order chi connectivity index (χ0) is 19.6. The summed E-state index contributed by atoms with van der Waals surface area (Å²) < 4.78 is 44.0. The minimum atomic E-state index is -4.28. The molecule has 6 nitrogen and oxygen atoms in total. The number of ether oxygens (including phenoxy) is 1. The molecule has 0 aliphatic carbocycles. The molecular formula is C15H23F3NO5P. The Morgan fingerprint density at radius 1 is 1.40 bits per heavy atom. The number of aryl methyl sites for hydroxylation is 1. The van der Waals surface area contributed by atoms with Gasteiger partial charge in [0.25, 0.3) is 0 Å². The third-order valence-electron chi connectivity index (χ3n) is 2.81. The first-order chi connectivity index (χ1) is 11.5. The van der Waals surface area contributed by atoms with Crippen LogP contribution in [0.5, 0.6) is 5.75 Å². The van der Waals surface area contributed by atoms with E-state index in [0.717, 1.165) is 0 Å². The fourth-order valence-corrected chi connectivity index (χ4v) is 1.82. The van der Waals surface area contributed by atoms with Gasteiger partial charge in [-0.25, -0.2) is 0 Å². The molecule has 1 unspecified atom stereocenters. The van der Waals surface area contributed by atoms with Crippen molar-refractivity contribution in [2.45, 2.75) is 59.1 Å². The molecule has 0 radical (unpaired) electrons. The maximum absolute atomic E-state index is 11.5. The molecule has 0 saturated heterocycles. The highest BCUT2D eigenvalue weighted by Crippen LogP contribution is 2.24. The van der Waals surface area contributed by atoms with Crippen molar-refractivity contribution in [3.05, 3.63) is 23.0 Å². The number of aromatic hydroxyl groups is 1. The molecule has 0 saturated carbocycles. The second kappa shape index (κ2) is 11.2. The largest absolute Gasteiger partial charge is 0.506 e. The van der Waals surface area contributed by atoms with Crippen LogP contribution in [-0.2, 0) is 27.3 Å². The van der Waals surface area contributed by atoms with Gasteiger partial charge in [0.2, 0.25) is 0 Å². The molecular weight excluding hydrogens is 362 g/mol. The minimum Gasteiger partial charge on any atom is -0.506 e. The summed E-state index contributed by atoms with van der Waals surface area (Å²) in [5, 5.41) is 18.5. The molecule has 0 bridgehead atoms. The summed E-state index contributed by atoms with van der Waals surface area (Å²) in [4.78, 5) is 14.5. The Hall–Kier alpha value is -1.44. The van der Waals surface area contributed by atoms with E-state index in [0.29, 0.717) is 23.4 Å². The molecule has 1 aromatic rings. The van der Waals surface area contributed by atoms with Gasteiger partial charge < -0.3 is 19.5 Å². The number of rotatable bonds is 6. The number of esters is 1. The Labute approximate surface area is 146 Å². The Morgan fingerprint density at radius 3 is 2.44 bits per heavy atom. The highest BCUT2D eigenvalue weighted by atomic mass is 31.0. The van der Waals surface area contributed by atoms with E-state index < -0.39 is 25.0 Å². The molecule has 1 rings (SSSR count). The number of pyridine rings is 1. The number of hydrogen-bond acceptors (Lipinski definition) is 6. The Bertz CT molecular complexity index is 553. The van der Waals surface area contributed by atoms with Gasteiger partial charge in [-0.05, 0) is 20.8 Å². The quantitative estimate of drug-likeness (QED) is 0.578. The van der Waals surface area contributed by atoms with Crippen molar-refractivity contribution in [3.8, 4) is 5.75 Å². The first-order valence-corrected chi connectivity index (χ1v) is 7.84. The van der Waals surface area contributed by atoms with Gasteiger partial charge in [-0.15, -0.1) is 0 Å². The first-order valence-electron chi connectivity index (χ1n) is 7.36. The van der Waals surface area contributed by atoms with Crippen LogP contribution in [0.2, 0.25) is 0 Å². The number of aromatic nitrogens is 1. The normalized spacial score (nSPS) is 11.1. The van der Waals surface area contributed by atoms with Crippen molar-refractivity contribution >= 4 is 15.4 Å². The van der Waals surface area contributed by atoms with Crippen LogP contribution in [-0.4, -0.2) is 33.4 Å². The van der Waals surface area contributed by atoms with Crippen LogP contribution in [0.4, 0.5) is 13.2 Å². The van der Waals surface area contributed by atoms with Gasteiger partial charge >= 0.3 is 12.1 Å². The molecule has 1 aromatic heterocycles. The third kappa shape index (κ3) is 10.2. The monoisotopic (exact) mass is 385 g/mol. The average Bonchev–Trinajstić information content (AvgIpc) is 2.49. The molecule has 0 spiro atoms. The lowest BCUT2D eigenvalue weighted by atomic mass is 10.1. The van der Waals surface area contributed by atoms with E-state index in [4.69, 9.17) is 9.63 Å². The predicted molar refractivity (Wildman–Crippen MR) is 87.6 cm³/mol. The number of aliphatic hydroxyl groups is 1. The van der Waals surface area contributed by atoms with E-state index in [1.54, 1.807) is 27.0 Å². The molecule has 0 amide bonds. The summed E-state index contributed by atoms with van der Waals surface area (Å²) in [6.45, 7) is 4.96. The summed E-state index contributed by atoms with van der Waals surface area (Å²) in [5.41, 5.74) is 1.69. The molecule has 144 valence electrons. The van der Waals surface area contributed by atoms with E-state index in [9.17, 15) is 23.1 Å². The molecule has 0 fully saturated rings. The Kier molecular flexibility index (Phi) is 10.6. The molecule has 0 aromatic carbocycles. The lowest BCUT2D eigenvalue weighted by Gasteiger charge is -2.09. The van der Waals surface area contributed by atoms with Crippen molar-refractivity contribution < 1.29 is 37.4 Å². The van der Waals surface area contributed by atoms with Gasteiger partial charge in [0.15, 0.2) is 0 Å². The minimum absolute atomic E-state index is 0.0436. The number of aliphatic hydroxyl groups excluding tert-OH is 1. The van der Waals surface area contributed by atoms with Gasteiger partial charge in [0.1, 0.15) is 5.75 Å². The van der Waals surface area contributed by atoms with Crippen molar-refractivity contribution in [2.24, 2.45) is 0 Å². The van der Waals surface area contributed by atoms with Crippen molar-refractivity contribution in [3.63, 3.8) is 0 Å². The average molecular weight is 385 g/mol. The van der Waals surface area contributed by atoms with Gasteiger partial charge in [-0.3, -0.25) is 9.78 Å². The number of alkyl halides is 3. The van der Waals surface area contributed by atoms with E-state index >= 15 is 0 Å². The second-order valence-electron chi connectivity index (χ2n) is 5.32. The van der Waals surface area contributed by atoms with Crippen molar-refractivity contribution in [1.29, 1.82) is 0 Å². The maximum Gasteiger partial charge on any atom is 0.389 e. The highest BCUT2D eigenvalue weighted by Gasteiger charge is 2.28. The predicted octanol–water partition coefficient (Wildman–Crippen LogP) is 3.18. The summed E-state index contributed by atoms with van der Waals surface area (Å²) >= 11 is 0. The fraction of sp³-hybridized carbons (Fsp3) is 0.600. The smallest absolute Gasteiger partial charge is 0.389 e. The third-order valence-corrected chi connectivity index (χ3v) is 2.97. The van der Waals surface area contributed by atoms with Crippen LogP contribution in [0, 0.1) is 6.92 Å². The number of hydrogen-bond donors (Lipinski definition) is 2. The molecule has 0 aliphatic heterocycles. The lowest BCUT2D eigenvalue weighted by molar-refractivity contribution is -0.159. The summed E-state index contributed by atoms with van der Waals surface area (Å²) in [5.74, 6) is -0.760. The summed E-state index contributed by atoms with van der Waals surface area (Å²) in [6, 6.07) is 0. The lowest BCUT2D eigenvalue weighted by Crippen LogP contribution is -2.15. The Morgan fingerprint density at radius 2 is 2.00 bits per heavy atom. The zero-order valence-corrected chi connectivity index (χ0v) is 15.4. The first kappa shape index (κ1) is 23.6. The van der Waals surface area contributed by atoms with Gasteiger partial charge in [0.05, 0.1) is 37.9 Å². The van der Waals surface area contributed by atoms with E-state index in [1.807, 2.05) is 0 Å². The number of carbonyl (C=O) groups excluding carboxylic acids is 1. The van der Waals surface area contributed by atoms with Crippen LogP contribution < -0.4 is 0 Å². The summed E-state index contributed by atoms with van der Waals surface area (Å²) in [7, 11) is 2.11. The van der Waals surface area contributed by atoms with Crippen LogP contribution in [0.1, 0.15) is 43.5 Å². The zero-order valence-electron chi connectivity index (χ0n) is 14.3. The standard InChI is InChI=1S/C8H12NO3P.C7H11F3O2/c1-5-8(11)7(3-10)6(2-9-5)4-12-13;1-5(2)12-6(11)3-4-7(8,9)10/h2,10-11H,3-4,13H2,1H3;5H,3-4H2,1-2H3. The van der Waals surface area contributed by atoms with Crippen LogP contribution in [0.15, 0.2) is 6.20 Å². The highest BCUT2D eigenvalue weighted by molar-refractivity contribution is 7.09. The van der Waals surface area contributed by atoms with E-state index in [-0.39, 0.29) is 18.5 Å². The Balaban J connectivity index is 0.000000463. The summed E-state index contributed by atoms with van der Waals surface area (Å²) in [6.07, 6.45) is -4.76. The number of halogens is 3. The molecule has 1 atom stereocenters.